The summed E-state index contributed by atoms with van der Waals surface area (Å²) in [5, 5.41) is 0.444. The standard InChI is InChI=1S/C20H17ClO4S/c1-12(2)19-17(13-8-10-14(11-9-13)26(3,23)24)18(20(22)25-19)15-6-4-5-7-16(15)21/h4-11H,1-3H3. The molecule has 0 spiro atoms. The molecule has 4 nitrogen and oxygen atoms in total. The Kier molecular flexibility index (Phi) is 4.78. The van der Waals surface area contributed by atoms with Crippen molar-refractivity contribution in [3.8, 4) is 0 Å². The number of carbonyl (C=O) groups excluding carboxylic acids is 1. The second-order valence-electron chi connectivity index (χ2n) is 6.25. The van der Waals surface area contributed by atoms with Crippen molar-refractivity contribution in [1.82, 2.24) is 0 Å². The van der Waals surface area contributed by atoms with Crippen molar-refractivity contribution >= 4 is 38.6 Å². The molecule has 3 rings (SSSR count). The van der Waals surface area contributed by atoms with Crippen LogP contribution in [0.3, 0.4) is 0 Å². The fourth-order valence-corrected chi connectivity index (χ4v) is 3.68. The van der Waals surface area contributed by atoms with Crippen LogP contribution in [0.2, 0.25) is 5.02 Å². The number of carbonyl (C=O) groups is 1. The summed E-state index contributed by atoms with van der Waals surface area (Å²) in [6.07, 6.45) is 1.15. The van der Waals surface area contributed by atoms with E-state index in [9.17, 15) is 13.2 Å². The predicted octanol–water partition coefficient (Wildman–Crippen LogP) is 4.51. The van der Waals surface area contributed by atoms with Crippen LogP contribution >= 0.6 is 11.6 Å². The third kappa shape index (κ3) is 3.32. The monoisotopic (exact) mass is 388 g/mol. The normalized spacial score (nSPS) is 14.6. The van der Waals surface area contributed by atoms with E-state index in [1.165, 1.54) is 12.1 Å². The summed E-state index contributed by atoms with van der Waals surface area (Å²) in [6.45, 7) is 3.70. The van der Waals surface area contributed by atoms with Crippen LogP contribution in [0.1, 0.15) is 25.0 Å². The van der Waals surface area contributed by atoms with Crippen LogP contribution < -0.4 is 0 Å². The first kappa shape index (κ1) is 18.4. The molecule has 1 aliphatic rings. The smallest absolute Gasteiger partial charge is 0.344 e. The first-order valence-corrected chi connectivity index (χ1v) is 10.2. The van der Waals surface area contributed by atoms with E-state index in [4.69, 9.17) is 16.3 Å². The Balaban J connectivity index is 2.29. The second kappa shape index (κ2) is 6.74. The van der Waals surface area contributed by atoms with E-state index in [1.54, 1.807) is 36.4 Å². The number of cyclic esters (lactones) is 1. The lowest BCUT2D eigenvalue weighted by atomic mass is 9.94. The van der Waals surface area contributed by atoms with Crippen LogP contribution in [0.25, 0.3) is 11.1 Å². The van der Waals surface area contributed by atoms with Crippen LogP contribution in [-0.4, -0.2) is 20.6 Å². The number of hydrogen-bond acceptors (Lipinski definition) is 4. The largest absolute Gasteiger partial charge is 0.422 e. The van der Waals surface area contributed by atoms with Gasteiger partial charge in [0.15, 0.2) is 9.84 Å². The molecule has 0 N–H and O–H groups in total. The average molecular weight is 389 g/mol. The Morgan fingerprint density at radius 2 is 1.58 bits per heavy atom. The molecule has 0 amide bonds. The number of benzene rings is 2. The Morgan fingerprint density at radius 3 is 2.12 bits per heavy atom. The van der Waals surface area contributed by atoms with Gasteiger partial charge in [-0.15, -0.1) is 0 Å². The molecule has 2 aromatic carbocycles. The average Bonchev–Trinajstić information content (AvgIpc) is 2.92. The van der Waals surface area contributed by atoms with Gasteiger partial charge in [0.2, 0.25) is 0 Å². The van der Waals surface area contributed by atoms with Crippen LogP contribution in [0.5, 0.6) is 0 Å². The zero-order chi connectivity index (χ0) is 19.1. The summed E-state index contributed by atoms with van der Waals surface area (Å²) in [6, 6.07) is 13.4. The maximum absolute atomic E-state index is 12.6. The Morgan fingerprint density at radius 1 is 0.962 bits per heavy atom. The molecule has 0 atom stereocenters. The lowest BCUT2D eigenvalue weighted by Gasteiger charge is -2.09. The molecule has 2 aromatic rings. The van der Waals surface area contributed by atoms with Gasteiger partial charge in [-0.1, -0.05) is 41.9 Å². The zero-order valence-electron chi connectivity index (χ0n) is 14.5. The summed E-state index contributed by atoms with van der Waals surface area (Å²) in [4.78, 5) is 12.8. The van der Waals surface area contributed by atoms with Crippen molar-refractivity contribution in [3.05, 3.63) is 76.0 Å². The highest BCUT2D eigenvalue weighted by molar-refractivity contribution is 7.90. The molecule has 1 aliphatic heterocycles. The van der Waals surface area contributed by atoms with Gasteiger partial charge >= 0.3 is 5.97 Å². The van der Waals surface area contributed by atoms with Gasteiger partial charge in [0.25, 0.3) is 0 Å². The summed E-state index contributed by atoms with van der Waals surface area (Å²) in [7, 11) is -3.30. The Labute approximate surface area is 157 Å². The van der Waals surface area contributed by atoms with E-state index in [0.717, 1.165) is 11.8 Å². The predicted molar refractivity (Wildman–Crippen MR) is 102 cm³/mol. The first-order chi connectivity index (χ1) is 12.2. The number of ether oxygens (including phenoxy) is 1. The van der Waals surface area contributed by atoms with Crippen molar-refractivity contribution < 1.29 is 17.9 Å². The SMILES string of the molecule is CC(C)=C1OC(=O)C(c2ccccc2Cl)=C1c1ccc(S(C)(=O)=O)cc1. The number of sulfone groups is 1. The van der Waals surface area contributed by atoms with Crippen LogP contribution in [0.4, 0.5) is 0 Å². The van der Waals surface area contributed by atoms with Gasteiger partial charge in [0.05, 0.1) is 10.5 Å². The van der Waals surface area contributed by atoms with E-state index in [2.05, 4.69) is 0 Å². The molecular weight excluding hydrogens is 372 g/mol. The third-order valence-corrected chi connectivity index (χ3v) is 5.50. The number of rotatable bonds is 3. The van der Waals surface area contributed by atoms with Crippen molar-refractivity contribution in [3.63, 3.8) is 0 Å². The van der Waals surface area contributed by atoms with E-state index in [0.29, 0.717) is 33.1 Å². The molecule has 0 bridgehead atoms. The quantitative estimate of drug-likeness (QED) is 0.726. The first-order valence-electron chi connectivity index (χ1n) is 7.90. The second-order valence-corrected chi connectivity index (χ2v) is 8.67. The number of hydrogen-bond donors (Lipinski definition) is 0. The molecule has 26 heavy (non-hydrogen) atoms. The van der Waals surface area contributed by atoms with Gasteiger partial charge < -0.3 is 4.74 Å². The Bertz CT molecular complexity index is 1060. The summed E-state index contributed by atoms with van der Waals surface area (Å²) < 4.78 is 28.9. The van der Waals surface area contributed by atoms with E-state index < -0.39 is 15.8 Å². The maximum Gasteiger partial charge on any atom is 0.344 e. The fourth-order valence-electron chi connectivity index (χ4n) is 2.82. The lowest BCUT2D eigenvalue weighted by Crippen LogP contribution is -1.99. The fraction of sp³-hybridized carbons (Fsp3) is 0.150. The molecule has 0 unspecified atom stereocenters. The van der Waals surface area contributed by atoms with Crippen LogP contribution in [-0.2, 0) is 19.4 Å². The van der Waals surface area contributed by atoms with E-state index >= 15 is 0 Å². The minimum Gasteiger partial charge on any atom is -0.422 e. The van der Waals surface area contributed by atoms with Gasteiger partial charge in [0.1, 0.15) is 5.76 Å². The van der Waals surface area contributed by atoms with Crippen molar-refractivity contribution in [2.75, 3.05) is 6.26 Å². The molecule has 0 saturated carbocycles. The molecule has 1 heterocycles. The van der Waals surface area contributed by atoms with Gasteiger partial charge in [-0.25, -0.2) is 13.2 Å². The highest BCUT2D eigenvalue weighted by atomic mass is 35.5. The molecule has 0 radical (unpaired) electrons. The third-order valence-electron chi connectivity index (χ3n) is 4.04. The van der Waals surface area contributed by atoms with Gasteiger partial charge in [0, 0.05) is 22.4 Å². The number of esters is 1. The topological polar surface area (TPSA) is 60.4 Å². The van der Waals surface area contributed by atoms with Gasteiger partial charge in [-0.2, -0.15) is 0 Å². The summed E-state index contributed by atoms with van der Waals surface area (Å²) in [5.74, 6) is -0.00600. The van der Waals surface area contributed by atoms with Crippen LogP contribution in [0.15, 0.2) is 64.8 Å². The molecule has 6 heteroatoms. The minimum absolute atomic E-state index is 0.213. The highest BCUT2D eigenvalue weighted by Crippen LogP contribution is 2.42. The van der Waals surface area contributed by atoms with Crippen molar-refractivity contribution in [1.29, 1.82) is 0 Å². The lowest BCUT2D eigenvalue weighted by molar-refractivity contribution is -0.131. The molecule has 0 aromatic heterocycles. The van der Waals surface area contributed by atoms with Crippen molar-refractivity contribution in [2.45, 2.75) is 18.7 Å². The summed E-state index contributed by atoms with van der Waals surface area (Å²) in [5.41, 5.74) is 3.09. The van der Waals surface area contributed by atoms with E-state index in [-0.39, 0.29) is 4.90 Å². The van der Waals surface area contributed by atoms with E-state index in [1.807, 2.05) is 13.8 Å². The Hall–Kier alpha value is -2.37. The number of allylic oxidation sites excluding steroid dienone is 2. The summed E-state index contributed by atoms with van der Waals surface area (Å²) >= 11 is 6.30. The minimum atomic E-state index is -3.30. The molecule has 0 aliphatic carbocycles. The zero-order valence-corrected chi connectivity index (χ0v) is 16.1. The van der Waals surface area contributed by atoms with Gasteiger partial charge in [-0.05, 0) is 43.2 Å². The molecular formula is C20H17ClO4S. The van der Waals surface area contributed by atoms with Gasteiger partial charge in [-0.3, -0.25) is 0 Å². The maximum atomic E-state index is 12.6. The number of halogens is 1. The highest BCUT2D eigenvalue weighted by Gasteiger charge is 2.33. The van der Waals surface area contributed by atoms with Crippen molar-refractivity contribution in [2.24, 2.45) is 0 Å². The molecule has 134 valence electrons. The molecule has 0 saturated heterocycles. The molecule has 0 fully saturated rings. The van der Waals surface area contributed by atoms with Crippen LogP contribution in [0, 0.1) is 0 Å².